The molecular formula is C17H19BrClNO. The van der Waals surface area contributed by atoms with Crippen LogP contribution in [0.25, 0.3) is 0 Å². The Balaban J connectivity index is 2.37. The first-order chi connectivity index (χ1) is 10.0. The van der Waals surface area contributed by atoms with Crippen LogP contribution in [-0.2, 0) is 0 Å². The van der Waals surface area contributed by atoms with E-state index in [2.05, 4.69) is 41.2 Å². The number of nitrogens with one attached hydrogen (secondary N) is 1. The van der Waals surface area contributed by atoms with Crippen LogP contribution in [0.3, 0.4) is 0 Å². The summed E-state index contributed by atoms with van der Waals surface area (Å²) < 4.78 is 7.14. The van der Waals surface area contributed by atoms with E-state index in [-0.39, 0.29) is 6.04 Å². The molecular weight excluding hydrogens is 350 g/mol. The molecule has 0 fully saturated rings. The fourth-order valence-electron chi connectivity index (χ4n) is 2.17. The summed E-state index contributed by atoms with van der Waals surface area (Å²) in [5.74, 6) is 1.63. The van der Waals surface area contributed by atoms with Crippen LogP contribution in [0.2, 0.25) is 5.02 Å². The molecule has 1 atom stereocenters. The molecule has 0 heterocycles. The number of ether oxygens (including phenoxy) is 1. The zero-order chi connectivity index (χ0) is 15.4. The number of benzene rings is 2. The molecule has 0 saturated heterocycles. The molecule has 1 unspecified atom stereocenters. The zero-order valence-electron chi connectivity index (χ0n) is 12.4. The summed E-state index contributed by atoms with van der Waals surface area (Å²) in [6.45, 7) is 7.14. The Hall–Kier alpha value is -1.03. The summed E-state index contributed by atoms with van der Waals surface area (Å²) >= 11 is 9.58. The molecule has 2 aromatic carbocycles. The first-order valence-electron chi connectivity index (χ1n) is 6.98. The Kier molecular flexibility index (Phi) is 5.68. The highest BCUT2D eigenvalue weighted by Crippen LogP contribution is 2.34. The SMILES string of the molecule is CCNC(C)c1cc(Br)ccc1Oc1cc(Cl)ccc1C. The van der Waals surface area contributed by atoms with E-state index in [0.717, 1.165) is 33.6 Å². The monoisotopic (exact) mass is 367 g/mol. The third kappa shape index (κ3) is 4.22. The quantitative estimate of drug-likeness (QED) is 0.712. The predicted molar refractivity (Wildman–Crippen MR) is 92.5 cm³/mol. The summed E-state index contributed by atoms with van der Waals surface area (Å²) in [5.41, 5.74) is 2.18. The topological polar surface area (TPSA) is 21.3 Å². The van der Waals surface area contributed by atoms with Crippen molar-refractivity contribution in [2.45, 2.75) is 26.8 Å². The average molecular weight is 369 g/mol. The Morgan fingerprint density at radius 2 is 1.95 bits per heavy atom. The molecule has 2 rings (SSSR count). The van der Waals surface area contributed by atoms with Crippen LogP contribution in [-0.4, -0.2) is 6.54 Å². The standard InChI is InChI=1S/C17H19BrClNO/c1-4-20-12(3)15-9-13(18)6-8-16(15)21-17-10-14(19)7-5-11(17)2/h5-10,12,20H,4H2,1-3H3. The Bertz CT molecular complexity index is 630. The van der Waals surface area contributed by atoms with Gasteiger partial charge in [-0.05, 0) is 56.3 Å². The normalized spacial score (nSPS) is 12.2. The minimum Gasteiger partial charge on any atom is -0.457 e. The highest BCUT2D eigenvalue weighted by Gasteiger charge is 2.13. The summed E-state index contributed by atoms with van der Waals surface area (Å²) in [6, 6.07) is 11.9. The smallest absolute Gasteiger partial charge is 0.132 e. The maximum Gasteiger partial charge on any atom is 0.132 e. The third-order valence-corrected chi connectivity index (χ3v) is 4.05. The maximum absolute atomic E-state index is 6.10. The molecule has 112 valence electrons. The van der Waals surface area contributed by atoms with Gasteiger partial charge >= 0.3 is 0 Å². The van der Waals surface area contributed by atoms with Gasteiger partial charge < -0.3 is 10.1 Å². The van der Waals surface area contributed by atoms with Gasteiger partial charge in [-0.3, -0.25) is 0 Å². The van der Waals surface area contributed by atoms with Crippen molar-refractivity contribution in [2.75, 3.05) is 6.54 Å². The van der Waals surface area contributed by atoms with E-state index in [1.54, 1.807) is 0 Å². The molecule has 0 aliphatic carbocycles. The van der Waals surface area contributed by atoms with Gasteiger partial charge in [0.2, 0.25) is 0 Å². The fraction of sp³-hybridized carbons (Fsp3) is 0.294. The average Bonchev–Trinajstić information content (AvgIpc) is 2.45. The highest BCUT2D eigenvalue weighted by atomic mass is 79.9. The largest absolute Gasteiger partial charge is 0.457 e. The van der Waals surface area contributed by atoms with E-state index < -0.39 is 0 Å². The second-order valence-electron chi connectivity index (χ2n) is 4.97. The molecule has 21 heavy (non-hydrogen) atoms. The molecule has 0 saturated carbocycles. The van der Waals surface area contributed by atoms with Crippen molar-refractivity contribution in [3.05, 3.63) is 57.0 Å². The molecule has 4 heteroatoms. The van der Waals surface area contributed by atoms with Gasteiger partial charge in [0, 0.05) is 21.1 Å². The lowest BCUT2D eigenvalue weighted by Gasteiger charge is -2.19. The lowest BCUT2D eigenvalue weighted by Crippen LogP contribution is -2.18. The first kappa shape index (κ1) is 16.3. The molecule has 0 spiro atoms. The Morgan fingerprint density at radius 3 is 2.67 bits per heavy atom. The Morgan fingerprint density at radius 1 is 1.19 bits per heavy atom. The van der Waals surface area contributed by atoms with E-state index >= 15 is 0 Å². The van der Waals surface area contributed by atoms with Crippen molar-refractivity contribution in [1.82, 2.24) is 5.32 Å². The lowest BCUT2D eigenvalue weighted by molar-refractivity contribution is 0.460. The van der Waals surface area contributed by atoms with E-state index in [1.807, 2.05) is 37.3 Å². The van der Waals surface area contributed by atoms with Crippen molar-refractivity contribution in [3.63, 3.8) is 0 Å². The van der Waals surface area contributed by atoms with Gasteiger partial charge in [0.1, 0.15) is 11.5 Å². The van der Waals surface area contributed by atoms with E-state index in [1.165, 1.54) is 0 Å². The van der Waals surface area contributed by atoms with Crippen LogP contribution in [0.5, 0.6) is 11.5 Å². The van der Waals surface area contributed by atoms with Crippen LogP contribution in [0, 0.1) is 6.92 Å². The summed E-state index contributed by atoms with van der Waals surface area (Å²) in [6.07, 6.45) is 0. The predicted octanol–water partition coefficient (Wildman–Crippen LogP) is 5.87. The third-order valence-electron chi connectivity index (χ3n) is 3.32. The summed E-state index contributed by atoms with van der Waals surface area (Å²) in [7, 11) is 0. The molecule has 0 aromatic heterocycles. The van der Waals surface area contributed by atoms with E-state index in [9.17, 15) is 0 Å². The number of rotatable bonds is 5. The molecule has 2 nitrogen and oxygen atoms in total. The highest BCUT2D eigenvalue weighted by molar-refractivity contribution is 9.10. The van der Waals surface area contributed by atoms with Crippen molar-refractivity contribution >= 4 is 27.5 Å². The van der Waals surface area contributed by atoms with Crippen LogP contribution < -0.4 is 10.1 Å². The lowest BCUT2D eigenvalue weighted by atomic mass is 10.1. The number of halogens is 2. The fourth-order valence-corrected chi connectivity index (χ4v) is 2.71. The summed E-state index contributed by atoms with van der Waals surface area (Å²) in [5, 5.41) is 4.09. The summed E-state index contributed by atoms with van der Waals surface area (Å²) in [4.78, 5) is 0. The van der Waals surface area contributed by atoms with Crippen LogP contribution in [0.1, 0.15) is 31.0 Å². The second kappa shape index (κ2) is 7.30. The minimum absolute atomic E-state index is 0.210. The van der Waals surface area contributed by atoms with Gasteiger partial charge in [0.15, 0.2) is 0 Å². The van der Waals surface area contributed by atoms with Gasteiger partial charge in [-0.2, -0.15) is 0 Å². The van der Waals surface area contributed by atoms with Crippen molar-refractivity contribution in [2.24, 2.45) is 0 Å². The van der Waals surface area contributed by atoms with E-state index in [4.69, 9.17) is 16.3 Å². The van der Waals surface area contributed by atoms with E-state index in [0.29, 0.717) is 5.02 Å². The zero-order valence-corrected chi connectivity index (χ0v) is 14.8. The van der Waals surface area contributed by atoms with Gasteiger partial charge in [-0.15, -0.1) is 0 Å². The van der Waals surface area contributed by atoms with Crippen LogP contribution >= 0.6 is 27.5 Å². The maximum atomic E-state index is 6.10. The van der Waals surface area contributed by atoms with Gasteiger partial charge in [0.05, 0.1) is 0 Å². The van der Waals surface area contributed by atoms with Crippen LogP contribution in [0.15, 0.2) is 40.9 Å². The van der Waals surface area contributed by atoms with Gasteiger partial charge in [-0.1, -0.05) is 40.5 Å². The molecule has 1 N–H and O–H groups in total. The van der Waals surface area contributed by atoms with Gasteiger partial charge in [-0.25, -0.2) is 0 Å². The van der Waals surface area contributed by atoms with Gasteiger partial charge in [0.25, 0.3) is 0 Å². The number of hydrogen-bond donors (Lipinski definition) is 1. The van der Waals surface area contributed by atoms with Crippen molar-refractivity contribution in [3.8, 4) is 11.5 Å². The number of hydrogen-bond acceptors (Lipinski definition) is 2. The minimum atomic E-state index is 0.210. The molecule has 2 aromatic rings. The van der Waals surface area contributed by atoms with Crippen molar-refractivity contribution in [1.29, 1.82) is 0 Å². The Labute approximate surface area is 139 Å². The molecule has 0 aliphatic rings. The first-order valence-corrected chi connectivity index (χ1v) is 8.15. The van der Waals surface area contributed by atoms with Crippen molar-refractivity contribution < 1.29 is 4.74 Å². The molecule has 0 radical (unpaired) electrons. The number of aryl methyl sites for hydroxylation is 1. The molecule has 0 amide bonds. The molecule has 0 aliphatic heterocycles. The van der Waals surface area contributed by atoms with Crippen LogP contribution in [0.4, 0.5) is 0 Å². The second-order valence-corrected chi connectivity index (χ2v) is 6.33. The molecule has 0 bridgehead atoms.